The Morgan fingerprint density at radius 2 is 1.71 bits per heavy atom. The summed E-state index contributed by atoms with van der Waals surface area (Å²) in [5, 5.41) is 10.5. The molecule has 0 radical (unpaired) electrons. The van der Waals surface area contributed by atoms with Crippen LogP contribution in [-0.4, -0.2) is 40.8 Å². The molecule has 3 aliphatic rings. The topological polar surface area (TPSA) is 145 Å². The van der Waals surface area contributed by atoms with Crippen molar-refractivity contribution < 1.29 is 32.3 Å². The van der Waals surface area contributed by atoms with E-state index in [1.54, 1.807) is 66.7 Å². The molecule has 52 heavy (non-hydrogen) atoms. The van der Waals surface area contributed by atoms with Crippen molar-refractivity contribution in [3.63, 3.8) is 0 Å². The van der Waals surface area contributed by atoms with E-state index < -0.39 is 69.9 Å². The number of aromatic nitrogens is 4. The van der Waals surface area contributed by atoms with Gasteiger partial charge in [0.05, 0.1) is 40.7 Å². The van der Waals surface area contributed by atoms with E-state index in [0.717, 1.165) is 4.57 Å². The fourth-order valence-electron chi connectivity index (χ4n) is 7.79. The molecule has 17 heteroatoms. The van der Waals surface area contributed by atoms with Crippen LogP contribution in [0.4, 0.5) is 19.0 Å². The molecule has 12 nitrogen and oxygen atoms in total. The summed E-state index contributed by atoms with van der Waals surface area (Å²) in [4.78, 5) is 61.4. The second-order valence-electron chi connectivity index (χ2n) is 12.6. The Bertz CT molecular complexity index is 2420. The molecule has 1 aliphatic carbocycles. The number of anilines is 1. The highest BCUT2D eigenvalue weighted by atomic mass is 35.5. The summed E-state index contributed by atoms with van der Waals surface area (Å²) in [5.74, 6) is -4.02. The monoisotopic (exact) mass is 752 g/mol. The fraction of sp³-hybridized carbons (Fsp3) is 0.229. The molecule has 2 N–H and O–H groups in total. The van der Waals surface area contributed by atoms with Gasteiger partial charge in [0.15, 0.2) is 5.82 Å². The molecule has 5 heterocycles. The number of rotatable bonds is 6. The van der Waals surface area contributed by atoms with Crippen molar-refractivity contribution in [3.05, 3.63) is 144 Å². The number of carbonyl (C=O) groups is 2. The first-order chi connectivity index (χ1) is 24.9. The van der Waals surface area contributed by atoms with Gasteiger partial charge in [0, 0.05) is 11.2 Å². The average Bonchev–Trinajstić information content (AvgIpc) is 3.77. The highest BCUT2D eigenvalue weighted by Crippen LogP contribution is 2.62. The maximum atomic E-state index is 15.1. The van der Waals surface area contributed by atoms with Crippen molar-refractivity contribution in [2.24, 2.45) is 5.92 Å². The van der Waals surface area contributed by atoms with Crippen molar-refractivity contribution >= 4 is 40.8 Å². The van der Waals surface area contributed by atoms with Crippen LogP contribution < -0.4 is 16.8 Å². The Morgan fingerprint density at radius 3 is 2.37 bits per heavy atom. The third-order valence-electron chi connectivity index (χ3n) is 9.96. The van der Waals surface area contributed by atoms with Crippen LogP contribution in [-0.2, 0) is 34.3 Å². The Kier molecular flexibility index (Phi) is 7.86. The van der Waals surface area contributed by atoms with Gasteiger partial charge < -0.3 is 9.52 Å². The van der Waals surface area contributed by atoms with Gasteiger partial charge >= 0.3 is 17.6 Å². The Hall–Kier alpha value is -5.38. The SMILES string of the molecule is O=C1C2CC3C(=CCn4c(=O)n(-c5ccccc5)c(=O)n43)C(c3ccc(CO)o3)C2(c2ccc(Cl)cc2)C(=O)N1Nc1ncc(C(F)(F)F)cc1Cl. The number of alkyl halides is 3. The number of nitrogens with one attached hydrogen (secondary N) is 1. The number of fused-ring (bicyclic) bond motifs is 4. The molecular weight excluding hydrogens is 728 g/mol. The molecule has 2 fully saturated rings. The number of hydrazine groups is 1. The second kappa shape index (κ2) is 12.1. The lowest BCUT2D eigenvalue weighted by molar-refractivity contribution is -0.139. The van der Waals surface area contributed by atoms with Gasteiger partial charge in [-0.3, -0.25) is 15.0 Å². The number of aliphatic hydroxyl groups excluding tert-OH is 1. The summed E-state index contributed by atoms with van der Waals surface area (Å²) in [5.41, 5.74) is -0.487. The third-order valence-corrected chi connectivity index (χ3v) is 10.5. The van der Waals surface area contributed by atoms with Crippen molar-refractivity contribution in [3.8, 4) is 5.69 Å². The highest BCUT2D eigenvalue weighted by Gasteiger charge is 2.69. The number of halogens is 5. The van der Waals surface area contributed by atoms with Gasteiger partial charge in [0.25, 0.3) is 11.8 Å². The summed E-state index contributed by atoms with van der Waals surface area (Å²) in [6.07, 6.45) is -2.67. The number of hydrogen-bond donors (Lipinski definition) is 2. The van der Waals surface area contributed by atoms with Crippen LogP contribution in [0.5, 0.6) is 0 Å². The lowest BCUT2D eigenvalue weighted by atomic mass is 9.54. The first-order valence-corrected chi connectivity index (χ1v) is 16.6. The smallest absolute Gasteiger partial charge is 0.417 e. The summed E-state index contributed by atoms with van der Waals surface area (Å²) >= 11 is 12.5. The zero-order valence-corrected chi connectivity index (χ0v) is 28.1. The van der Waals surface area contributed by atoms with Gasteiger partial charge in [-0.15, -0.1) is 0 Å². The van der Waals surface area contributed by atoms with Crippen molar-refractivity contribution in [1.29, 1.82) is 0 Å². The molecule has 266 valence electrons. The van der Waals surface area contributed by atoms with E-state index in [1.807, 2.05) is 0 Å². The van der Waals surface area contributed by atoms with E-state index in [-0.39, 0.29) is 30.3 Å². The van der Waals surface area contributed by atoms with E-state index in [9.17, 15) is 32.7 Å². The molecule has 2 aliphatic heterocycles. The fourth-order valence-corrected chi connectivity index (χ4v) is 8.12. The molecule has 2 aromatic carbocycles. The van der Waals surface area contributed by atoms with E-state index in [1.165, 1.54) is 15.4 Å². The van der Waals surface area contributed by atoms with Crippen molar-refractivity contribution in [2.45, 2.75) is 43.1 Å². The zero-order valence-electron chi connectivity index (χ0n) is 26.6. The quantitative estimate of drug-likeness (QED) is 0.177. The molecule has 0 bridgehead atoms. The number of nitrogens with zero attached hydrogens (tertiary/aromatic N) is 5. The maximum Gasteiger partial charge on any atom is 0.417 e. The number of para-hydroxylation sites is 1. The number of furan rings is 1. The number of aliphatic hydroxyl groups is 1. The number of benzene rings is 2. The van der Waals surface area contributed by atoms with Gasteiger partial charge in [-0.05, 0) is 60.0 Å². The van der Waals surface area contributed by atoms with E-state index in [0.29, 0.717) is 39.1 Å². The number of amides is 2. The summed E-state index contributed by atoms with van der Waals surface area (Å²) in [6.45, 7) is -0.551. The van der Waals surface area contributed by atoms with Crippen LogP contribution in [0.15, 0.2) is 105 Å². The Labute approximate surface area is 300 Å². The minimum Gasteiger partial charge on any atom is -0.463 e. The number of imide groups is 1. The lowest BCUT2D eigenvalue weighted by Crippen LogP contribution is -2.53. The lowest BCUT2D eigenvalue weighted by Gasteiger charge is -2.47. The first-order valence-electron chi connectivity index (χ1n) is 15.9. The molecule has 4 unspecified atom stereocenters. The van der Waals surface area contributed by atoms with Gasteiger partial charge in [-0.25, -0.2) is 28.5 Å². The van der Waals surface area contributed by atoms with Gasteiger partial charge in [0.2, 0.25) is 0 Å². The zero-order chi connectivity index (χ0) is 36.7. The van der Waals surface area contributed by atoms with Crippen LogP contribution in [0.25, 0.3) is 5.69 Å². The molecule has 0 spiro atoms. The maximum absolute atomic E-state index is 15.1. The van der Waals surface area contributed by atoms with Crippen molar-refractivity contribution in [2.75, 3.05) is 5.43 Å². The Balaban J connectivity index is 1.34. The molecule has 1 saturated carbocycles. The number of allylic oxidation sites excluding steroid dienone is 2. The standard InChI is InChI=1S/C35H25Cl2F3N6O6/c36-20-8-6-18(7-9-20)34-24(30(48)45(31(34)49)42-29-25(37)14-19(16-41-29)35(38,39)40)15-26-23(28(34)27-11-10-22(17-47)52-27)12-13-43-32(50)44(33(51)46(26)43)21-4-2-1-3-5-21/h1-12,14,16,24,26,28,47H,13,15,17H2,(H,41,42). The van der Waals surface area contributed by atoms with Gasteiger partial charge in [-0.1, -0.05) is 59.6 Å². The molecule has 2 amide bonds. The molecule has 5 aromatic rings. The first kappa shape index (κ1) is 33.7. The van der Waals surface area contributed by atoms with E-state index in [2.05, 4.69) is 10.4 Å². The summed E-state index contributed by atoms with van der Waals surface area (Å²) < 4.78 is 49.9. The summed E-state index contributed by atoms with van der Waals surface area (Å²) in [7, 11) is 0. The van der Waals surface area contributed by atoms with Crippen LogP contribution in [0, 0.1) is 5.92 Å². The molecular formula is C35H25Cl2F3N6O6. The molecule has 1 saturated heterocycles. The predicted octanol–water partition coefficient (Wildman–Crippen LogP) is 5.23. The Morgan fingerprint density at radius 1 is 0.981 bits per heavy atom. The third kappa shape index (κ3) is 4.90. The minimum atomic E-state index is -4.76. The number of pyridine rings is 1. The van der Waals surface area contributed by atoms with E-state index in [4.69, 9.17) is 27.6 Å². The normalized spacial score (nSPS) is 22.5. The van der Waals surface area contributed by atoms with Crippen molar-refractivity contribution in [1.82, 2.24) is 23.9 Å². The van der Waals surface area contributed by atoms with Crippen LogP contribution in [0.2, 0.25) is 10.0 Å². The van der Waals surface area contributed by atoms with Crippen LogP contribution in [0.1, 0.15) is 41.0 Å². The molecule has 8 rings (SSSR count). The van der Waals surface area contributed by atoms with Gasteiger partial charge in [0.1, 0.15) is 23.5 Å². The number of carbonyl (C=O) groups excluding carboxylic acids is 2. The van der Waals surface area contributed by atoms with Gasteiger partial charge in [-0.2, -0.15) is 18.2 Å². The minimum absolute atomic E-state index is 0.0691. The van der Waals surface area contributed by atoms with Crippen LogP contribution in [0.3, 0.4) is 0 Å². The largest absolute Gasteiger partial charge is 0.463 e. The van der Waals surface area contributed by atoms with Crippen LogP contribution >= 0.6 is 23.2 Å². The number of hydrogen-bond acceptors (Lipinski definition) is 8. The summed E-state index contributed by atoms with van der Waals surface area (Å²) in [6, 6.07) is 17.4. The molecule has 4 atom stereocenters. The second-order valence-corrected chi connectivity index (χ2v) is 13.4. The van der Waals surface area contributed by atoms with E-state index >= 15 is 4.79 Å². The molecule has 3 aromatic heterocycles. The average molecular weight is 754 g/mol. The predicted molar refractivity (Wildman–Crippen MR) is 180 cm³/mol. The highest BCUT2D eigenvalue weighted by molar-refractivity contribution is 6.33.